The molecule has 0 saturated carbocycles. The van der Waals surface area contributed by atoms with E-state index in [1.165, 1.54) is 0 Å². The van der Waals surface area contributed by atoms with Crippen molar-refractivity contribution in [3.05, 3.63) is 0 Å². The number of amides is 1. The molecule has 0 aromatic rings. The lowest BCUT2D eigenvalue weighted by Crippen LogP contribution is -2.43. The second kappa shape index (κ2) is 8.64. The summed E-state index contributed by atoms with van der Waals surface area (Å²) in [6.45, 7) is 4.92. The first-order valence-electron chi connectivity index (χ1n) is 5.32. The summed E-state index contributed by atoms with van der Waals surface area (Å²) in [6.07, 6.45) is 0.672. The van der Waals surface area contributed by atoms with Gasteiger partial charge in [0, 0.05) is 26.7 Å². The van der Waals surface area contributed by atoms with E-state index in [2.05, 4.69) is 10.2 Å². The van der Waals surface area contributed by atoms with Crippen LogP contribution in [0, 0.1) is 0 Å². The third-order valence-electron chi connectivity index (χ3n) is 2.25. The number of rotatable bonds is 8. The van der Waals surface area contributed by atoms with Crippen LogP contribution in [-0.2, 0) is 9.53 Å². The van der Waals surface area contributed by atoms with E-state index >= 15 is 0 Å². The van der Waals surface area contributed by atoms with Crippen molar-refractivity contribution >= 4 is 5.91 Å². The number of nitrogens with zero attached hydrogens (tertiary/aromatic N) is 1. The van der Waals surface area contributed by atoms with Crippen molar-refractivity contribution in [2.45, 2.75) is 19.4 Å². The number of carbonyl (C=O) groups is 1. The monoisotopic (exact) mass is 217 g/mol. The number of methoxy groups -OCH3 is 1. The molecule has 5 nitrogen and oxygen atoms in total. The highest BCUT2D eigenvalue weighted by atomic mass is 16.5. The molecule has 1 unspecified atom stereocenters. The number of nitrogens with two attached hydrogens (primary N) is 1. The number of carbonyl (C=O) groups excluding carboxylic acids is 1. The van der Waals surface area contributed by atoms with Gasteiger partial charge in [-0.1, -0.05) is 6.92 Å². The molecule has 1 atom stereocenters. The number of hydrogen-bond acceptors (Lipinski definition) is 4. The van der Waals surface area contributed by atoms with Crippen LogP contribution in [0.15, 0.2) is 0 Å². The normalized spacial score (nSPS) is 12.9. The Morgan fingerprint density at radius 2 is 2.20 bits per heavy atom. The van der Waals surface area contributed by atoms with Crippen LogP contribution >= 0.6 is 0 Å². The van der Waals surface area contributed by atoms with Crippen LogP contribution in [0.25, 0.3) is 0 Å². The van der Waals surface area contributed by atoms with Gasteiger partial charge in [-0.15, -0.1) is 0 Å². The van der Waals surface area contributed by atoms with Crippen molar-refractivity contribution in [1.29, 1.82) is 0 Å². The summed E-state index contributed by atoms with van der Waals surface area (Å²) in [5.41, 5.74) is 5.57. The summed E-state index contributed by atoms with van der Waals surface area (Å²) < 4.78 is 4.95. The van der Waals surface area contributed by atoms with Crippen molar-refractivity contribution in [3.8, 4) is 0 Å². The molecule has 1 amide bonds. The molecule has 15 heavy (non-hydrogen) atoms. The molecular formula is C10H23N3O2. The van der Waals surface area contributed by atoms with Crippen LogP contribution in [0.2, 0.25) is 0 Å². The maximum absolute atomic E-state index is 11.3. The van der Waals surface area contributed by atoms with Crippen LogP contribution < -0.4 is 11.1 Å². The minimum Gasteiger partial charge on any atom is -0.383 e. The predicted octanol–water partition coefficient (Wildman–Crippen LogP) is -0.582. The highest BCUT2D eigenvalue weighted by Crippen LogP contribution is 1.86. The Morgan fingerprint density at radius 1 is 1.53 bits per heavy atom. The molecule has 90 valence electrons. The molecule has 3 N–H and O–H groups in total. The Morgan fingerprint density at radius 3 is 2.73 bits per heavy atom. The van der Waals surface area contributed by atoms with E-state index in [1.54, 1.807) is 7.11 Å². The molecule has 0 aromatic carbocycles. The third-order valence-corrected chi connectivity index (χ3v) is 2.25. The van der Waals surface area contributed by atoms with Gasteiger partial charge in [-0.3, -0.25) is 4.79 Å². The van der Waals surface area contributed by atoms with E-state index < -0.39 is 0 Å². The first kappa shape index (κ1) is 14.3. The molecule has 0 aliphatic rings. The van der Waals surface area contributed by atoms with Gasteiger partial charge >= 0.3 is 0 Å². The summed E-state index contributed by atoms with van der Waals surface area (Å²) in [5, 5.41) is 2.79. The quantitative estimate of drug-likeness (QED) is 0.571. The van der Waals surface area contributed by atoms with E-state index in [0.29, 0.717) is 19.6 Å². The fourth-order valence-electron chi connectivity index (χ4n) is 1.05. The average Bonchev–Trinajstić information content (AvgIpc) is 2.24. The van der Waals surface area contributed by atoms with Gasteiger partial charge in [-0.05, 0) is 13.5 Å². The van der Waals surface area contributed by atoms with Gasteiger partial charge in [0.05, 0.1) is 12.6 Å². The highest BCUT2D eigenvalue weighted by Gasteiger charge is 2.09. The van der Waals surface area contributed by atoms with Gasteiger partial charge in [0.15, 0.2) is 0 Å². The summed E-state index contributed by atoms with van der Waals surface area (Å²) in [7, 11) is 3.67. The Bertz CT molecular complexity index is 176. The zero-order valence-electron chi connectivity index (χ0n) is 9.95. The van der Waals surface area contributed by atoms with E-state index in [-0.39, 0.29) is 11.9 Å². The SMILES string of the molecule is CCC(N)C(=O)NCCN(C)CCOC. The smallest absolute Gasteiger partial charge is 0.236 e. The number of likely N-dealkylation sites (N-methyl/N-ethyl adjacent to an activating group) is 1. The Balaban J connectivity index is 3.48. The maximum atomic E-state index is 11.3. The zero-order chi connectivity index (χ0) is 11.7. The van der Waals surface area contributed by atoms with Crippen molar-refractivity contribution in [2.75, 3.05) is 40.4 Å². The van der Waals surface area contributed by atoms with Gasteiger partial charge < -0.3 is 20.7 Å². The van der Waals surface area contributed by atoms with Crippen molar-refractivity contribution in [1.82, 2.24) is 10.2 Å². The maximum Gasteiger partial charge on any atom is 0.236 e. The molecule has 0 aliphatic heterocycles. The Kier molecular flexibility index (Phi) is 8.27. The average molecular weight is 217 g/mol. The highest BCUT2D eigenvalue weighted by molar-refractivity contribution is 5.81. The zero-order valence-corrected chi connectivity index (χ0v) is 9.95. The van der Waals surface area contributed by atoms with Gasteiger partial charge in [0.25, 0.3) is 0 Å². The molecular weight excluding hydrogens is 194 g/mol. The standard InChI is InChI=1S/C10H23N3O2/c1-4-9(11)10(14)12-5-6-13(2)7-8-15-3/h9H,4-8,11H2,1-3H3,(H,12,14). The lowest BCUT2D eigenvalue weighted by atomic mass is 10.2. The fourth-order valence-corrected chi connectivity index (χ4v) is 1.05. The summed E-state index contributed by atoms with van der Waals surface area (Å²) in [6, 6.07) is -0.380. The van der Waals surface area contributed by atoms with Crippen LogP contribution in [-0.4, -0.2) is 57.2 Å². The third kappa shape index (κ3) is 7.30. The van der Waals surface area contributed by atoms with Crippen molar-refractivity contribution in [2.24, 2.45) is 5.73 Å². The molecule has 0 aromatic heterocycles. The van der Waals surface area contributed by atoms with Crippen molar-refractivity contribution < 1.29 is 9.53 Å². The first-order valence-corrected chi connectivity index (χ1v) is 5.32. The van der Waals surface area contributed by atoms with Crippen molar-refractivity contribution in [3.63, 3.8) is 0 Å². The van der Waals surface area contributed by atoms with Crippen LogP contribution in [0.1, 0.15) is 13.3 Å². The molecule has 0 spiro atoms. The number of ether oxygens (including phenoxy) is 1. The van der Waals surface area contributed by atoms with Gasteiger partial charge in [0.2, 0.25) is 5.91 Å². The predicted molar refractivity (Wildman–Crippen MR) is 60.6 cm³/mol. The number of hydrogen-bond donors (Lipinski definition) is 2. The minimum absolute atomic E-state index is 0.0716. The molecule has 0 aliphatic carbocycles. The van der Waals surface area contributed by atoms with E-state index in [4.69, 9.17) is 10.5 Å². The second-order valence-electron chi connectivity index (χ2n) is 3.60. The summed E-state index contributed by atoms with van der Waals surface area (Å²) >= 11 is 0. The van der Waals surface area contributed by atoms with Crippen LogP contribution in [0.5, 0.6) is 0 Å². The Labute approximate surface area is 91.9 Å². The van der Waals surface area contributed by atoms with Gasteiger partial charge in [-0.25, -0.2) is 0 Å². The van der Waals surface area contributed by atoms with Crippen LogP contribution in [0.3, 0.4) is 0 Å². The molecule has 5 heteroatoms. The lowest BCUT2D eigenvalue weighted by molar-refractivity contribution is -0.122. The number of nitrogens with one attached hydrogen (secondary N) is 1. The molecule has 0 radical (unpaired) electrons. The van der Waals surface area contributed by atoms with E-state index in [0.717, 1.165) is 13.1 Å². The lowest BCUT2D eigenvalue weighted by Gasteiger charge is -2.17. The van der Waals surface area contributed by atoms with E-state index in [1.807, 2.05) is 14.0 Å². The second-order valence-corrected chi connectivity index (χ2v) is 3.60. The minimum atomic E-state index is -0.380. The molecule has 0 bridgehead atoms. The molecule has 0 heterocycles. The largest absolute Gasteiger partial charge is 0.383 e. The summed E-state index contributed by atoms with van der Waals surface area (Å²) in [5.74, 6) is -0.0716. The van der Waals surface area contributed by atoms with E-state index in [9.17, 15) is 4.79 Å². The van der Waals surface area contributed by atoms with Gasteiger partial charge in [0.1, 0.15) is 0 Å². The Hall–Kier alpha value is -0.650. The fraction of sp³-hybridized carbons (Fsp3) is 0.900. The molecule has 0 fully saturated rings. The van der Waals surface area contributed by atoms with Gasteiger partial charge in [-0.2, -0.15) is 0 Å². The summed E-state index contributed by atoms with van der Waals surface area (Å²) in [4.78, 5) is 13.4. The topological polar surface area (TPSA) is 67.6 Å². The van der Waals surface area contributed by atoms with Crippen LogP contribution in [0.4, 0.5) is 0 Å². The first-order chi connectivity index (χ1) is 7.11. The molecule has 0 rings (SSSR count). The molecule has 0 saturated heterocycles.